The van der Waals surface area contributed by atoms with Gasteiger partial charge in [-0.25, -0.2) is 4.90 Å². The van der Waals surface area contributed by atoms with E-state index in [0.29, 0.717) is 43.3 Å². The van der Waals surface area contributed by atoms with E-state index in [0.717, 1.165) is 23.7 Å². The molecule has 2 aliphatic rings. The van der Waals surface area contributed by atoms with Crippen molar-refractivity contribution in [3.8, 4) is 0 Å². The number of nitrogens with zero attached hydrogens (tertiary/aromatic N) is 3. The quantitative estimate of drug-likeness (QED) is 0.684. The standard InChI is InChI=1S/C22H25N3O3S/c1-3-23(4-2)16-7-9-17(10-8-16)25-21(26)19(18-6-5-15-29-18)20(22(25)27)24-11-13-28-14-12-24/h5-10,15H,3-4,11-14H2,1-2H3. The largest absolute Gasteiger partial charge is 0.378 e. The highest BCUT2D eigenvalue weighted by Gasteiger charge is 2.43. The lowest BCUT2D eigenvalue weighted by Crippen LogP contribution is -2.40. The maximum atomic E-state index is 13.4. The van der Waals surface area contributed by atoms with Crippen molar-refractivity contribution in [1.82, 2.24) is 4.90 Å². The molecule has 4 rings (SSSR count). The third-order valence-electron chi connectivity index (χ3n) is 5.39. The molecular formula is C22H25N3O3S. The van der Waals surface area contributed by atoms with Gasteiger partial charge in [0, 0.05) is 36.7 Å². The van der Waals surface area contributed by atoms with Crippen LogP contribution in [0.5, 0.6) is 0 Å². The predicted octanol–water partition coefficient (Wildman–Crippen LogP) is 3.21. The SMILES string of the molecule is CCN(CC)c1ccc(N2C(=O)C(c3cccs3)=C(N3CCOCC3)C2=O)cc1. The maximum Gasteiger partial charge on any atom is 0.282 e. The zero-order valence-corrected chi connectivity index (χ0v) is 17.6. The molecule has 1 aromatic carbocycles. The minimum absolute atomic E-state index is 0.254. The minimum Gasteiger partial charge on any atom is -0.378 e. The van der Waals surface area contributed by atoms with Crippen molar-refractivity contribution in [2.24, 2.45) is 0 Å². The molecule has 0 radical (unpaired) electrons. The smallest absolute Gasteiger partial charge is 0.282 e. The molecule has 0 N–H and O–H groups in total. The molecule has 2 aliphatic heterocycles. The fraction of sp³-hybridized carbons (Fsp3) is 0.364. The van der Waals surface area contributed by atoms with E-state index in [9.17, 15) is 9.59 Å². The van der Waals surface area contributed by atoms with E-state index in [4.69, 9.17) is 4.74 Å². The van der Waals surface area contributed by atoms with E-state index < -0.39 is 0 Å². The number of morpholine rings is 1. The summed E-state index contributed by atoms with van der Waals surface area (Å²) in [4.78, 5) is 33.2. The van der Waals surface area contributed by atoms with Gasteiger partial charge in [-0.15, -0.1) is 11.3 Å². The van der Waals surface area contributed by atoms with Crippen LogP contribution in [0.2, 0.25) is 0 Å². The molecule has 0 saturated carbocycles. The molecule has 0 atom stereocenters. The molecule has 2 amide bonds. The van der Waals surface area contributed by atoms with Gasteiger partial charge in [-0.2, -0.15) is 0 Å². The first kappa shape index (κ1) is 19.7. The van der Waals surface area contributed by atoms with Crippen molar-refractivity contribution in [3.05, 3.63) is 52.4 Å². The van der Waals surface area contributed by atoms with Gasteiger partial charge in [0.2, 0.25) is 0 Å². The third kappa shape index (κ3) is 3.56. The van der Waals surface area contributed by atoms with Crippen molar-refractivity contribution in [2.75, 3.05) is 49.2 Å². The van der Waals surface area contributed by atoms with E-state index in [1.807, 2.05) is 46.7 Å². The van der Waals surface area contributed by atoms with Gasteiger partial charge in [0.15, 0.2) is 0 Å². The van der Waals surface area contributed by atoms with Crippen molar-refractivity contribution in [2.45, 2.75) is 13.8 Å². The lowest BCUT2D eigenvalue weighted by Gasteiger charge is -2.29. The van der Waals surface area contributed by atoms with Crippen LogP contribution in [0.4, 0.5) is 11.4 Å². The van der Waals surface area contributed by atoms with Crippen LogP contribution in [0, 0.1) is 0 Å². The molecule has 1 fully saturated rings. The molecule has 29 heavy (non-hydrogen) atoms. The molecule has 152 valence electrons. The summed E-state index contributed by atoms with van der Waals surface area (Å²) in [5.74, 6) is -0.509. The molecule has 0 bridgehead atoms. The summed E-state index contributed by atoms with van der Waals surface area (Å²) in [5, 5.41) is 1.93. The summed E-state index contributed by atoms with van der Waals surface area (Å²) < 4.78 is 5.44. The highest BCUT2D eigenvalue weighted by atomic mass is 32.1. The highest BCUT2D eigenvalue weighted by Crippen LogP contribution is 2.37. The van der Waals surface area contributed by atoms with Crippen LogP contribution >= 0.6 is 11.3 Å². The van der Waals surface area contributed by atoms with Gasteiger partial charge in [-0.05, 0) is 49.6 Å². The van der Waals surface area contributed by atoms with E-state index in [1.54, 1.807) is 0 Å². The van der Waals surface area contributed by atoms with Crippen LogP contribution in [-0.2, 0) is 14.3 Å². The number of amides is 2. The van der Waals surface area contributed by atoms with Crippen LogP contribution < -0.4 is 9.80 Å². The number of ether oxygens (including phenoxy) is 1. The Morgan fingerprint density at radius 1 is 1.00 bits per heavy atom. The molecular weight excluding hydrogens is 386 g/mol. The van der Waals surface area contributed by atoms with Gasteiger partial charge in [0.1, 0.15) is 5.70 Å². The molecule has 0 spiro atoms. The maximum absolute atomic E-state index is 13.4. The number of rotatable bonds is 6. The topological polar surface area (TPSA) is 53.1 Å². The van der Waals surface area contributed by atoms with Crippen molar-refractivity contribution in [3.63, 3.8) is 0 Å². The van der Waals surface area contributed by atoms with Crippen molar-refractivity contribution < 1.29 is 14.3 Å². The number of hydrogen-bond acceptors (Lipinski definition) is 6. The normalized spacial score (nSPS) is 17.4. The molecule has 2 aromatic rings. The van der Waals surface area contributed by atoms with Crippen molar-refractivity contribution >= 4 is 40.1 Å². The van der Waals surface area contributed by atoms with Gasteiger partial charge in [-0.3, -0.25) is 9.59 Å². The van der Waals surface area contributed by atoms with Crippen LogP contribution in [-0.4, -0.2) is 56.1 Å². The Bertz CT molecular complexity index is 911. The molecule has 3 heterocycles. The zero-order chi connectivity index (χ0) is 20.4. The average molecular weight is 412 g/mol. The monoisotopic (exact) mass is 411 g/mol. The van der Waals surface area contributed by atoms with Crippen molar-refractivity contribution in [1.29, 1.82) is 0 Å². The number of benzene rings is 1. The minimum atomic E-state index is -0.255. The second-order valence-corrected chi connectivity index (χ2v) is 7.88. The van der Waals surface area contributed by atoms with E-state index in [2.05, 4.69) is 18.7 Å². The summed E-state index contributed by atoms with van der Waals surface area (Å²) in [6, 6.07) is 11.5. The fourth-order valence-corrected chi connectivity index (χ4v) is 4.64. The number of carbonyl (C=O) groups excluding carboxylic acids is 2. The summed E-state index contributed by atoms with van der Waals surface area (Å²) in [5.41, 5.74) is 2.68. The number of thiophene rings is 1. The average Bonchev–Trinajstić information content (AvgIpc) is 3.36. The van der Waals surface area contributed by atoms with Gasteiger partial charge in [0.25, 0.3) is 11.8 Å². The molecule has 7 heteroatoms. The van der Waals surface area contributed by atoms with Crippen LogP contribution in [0.1, 0.15) is 18.7 Å². The first-order valence-electron chi connectivity index (χ1n) is 10.00. The fourth-order valence-electron chi connectivity index (χ4n) is 3.88. The second kappa shape index (κ2) is 8.39. The van der Waals surface area contributed by atoms with Crippen LogP contribution in [0.25, 0.3) is 5.57 Å². The third-order valence-corrected chi connectivity index (χ3v) is 6.28. The number of anilines is 2. The molecule has 0 unspecified atom stereocenters. The van der Waals surface area contributed by atoms with Crippen LogP contribution in [0.15, 0.2) is 47.5 Å². The molecule has 6 nitrogen and oxygen atoms in total. The Hall–Kier alpha value is -2.64. The van der Waals surface area contributed by atoms with Crippen LogP contribution in [0.3, 0.4) is 0 Å². The lowest BCUT2D eigenvalue weighted by atomic mass is 10.1. The summed E-state index contributed by atoms with van der Waals surface area (Å²) in [6.07, 6.45) is 0. The lowest BCUT2D eigenvalue weighted by molar-refractivity contribution is -0.121. The van der Waals surface area contributed by atoms with E-state index in [-0.39, 0.29) is 11.8 Å². The Labute approximate surface area is 175 Å². The Morgan fingerprint density at radius 3 is 2.28 bits per heavy atom. The Balaban J connectivity index is 1.70. The highest BCUT2D eigenvalue weighted by molar-refractivity contribution is 7.11. The molecule has 1 saturated heterocycles. The van der Waals surface area contributed by atoms with Gasteiger partial charge in [-0.1, -0.05) is 6.07 Å². The van der Waals surface area contributed by atoms with E-state index >= 15 is 0 Å². The first-order valence-corrected chi connectivity index (χ1v) is 10.9. The zero-order valence-electron chi connectivity index (χ0n) is 16.8. The summed E-state index contributed by atoms with van der Waals surface area (Å²) in [6.45, 7) is 8.36. The number of hydrogen-bond donors (Lipinski definition) is 0. The molecule has 0 aliphatic carbocycles. The van der Waals surface area contributed by atoms with Gasteiger partial charge in [0.05, 0.1) is 24.5 Å². The predicted molar refractivity (Wildman–Crippen MR) is 116 cm³/mol. The number of imide groups is 1. The first-order chi connectivity index (χ1) is 14.2. The van der Waals surface area contributed by atoms with Gasteiger partial charge < -0.3 is 14.5 Å². The second-order valence-electron chi connectivity index (χ2n) is 6.93. The number of carbonyl (C=O) groups is 2. The Kier molecular flexibility index (Phi) is 5.69. The summed E-state index contributed by atoms with van der Waals surface area (Å²) >= 11 is 1.48. The summed E-state index contributed by atoms with van der Waals surface area (Å²) in [7, 11) is 0. The molecule has 1 aromatic heterocycles. The Morgan fingerprint density at radius 2 is 1.69 bits per heavy atom. The van der Waals surface area contributed by atoms with Gasteiger partial charge >= 0.3 is 0 Å². The van der Waals surface area contributed by atoms with E-state index in [1.165, 1.54) is 16.2 Å².